The average molecular weight is 355 g/mol. The van der Waals surface area contributed by atoms with Crippen LogP contribution in [0.15, 0.2) is 32.0 Å². The summed E-state index contributed by atoms with van der Waals surface area (Å²) in [5.41, 5.74) is 0. The highest BCUT2D eigenvalue weighted by Gasteiger charge is 2.34. The minimum absolute atomic E-state index is 0.00991. The first-order valence-electron chi connectivity index (χ1n) is 7.51. The molecule has 1 fully saturated rings. The first-order chi connectivity index (χ1) is 11.4. The van der Waals surface area contributed by atoms with Gasteiger partial charge >= 0.3 is 5.76 Å². The SMILES string of the molecule is CCN(C(=O)Cn1nc(-c2ccco2)oc1=O)C1CCS(=O)(=O)C1. The molecule has 24 heavy (non-hydrogen) atoms. The number of amides is 1. The molecule has 1 saturated heterocycles. The maximum absolute atomic E-state index is 12.5. The van der Waals surface area contributed by atoms with Gasteiger partial charge in [-0.25, -0.2) is 13.2 Å². The van der Waals surface area contributed by atoms with Gasteiger partial charge in [0.05, 0.1) is 17.8 Å². The topological polar surface area (TPSA) is 116 Å². The van der Waals surface area contributed by atoms with Crippen LogP contribution in [0.2, 0.25) is 0 Å². The van der Waals surface area contributed by atoms with Gasteiger partial charge in [0.25, 0.3) is 5.89 Å². The molecule has 0 saturated carbocycles. The van der Waals surface area contributed by atoms with Crippen molar-refractivity contribution in [2.75, 3.05) is 18.1 Å². The Kier molecular flexibility index (Phi) is 4.31. The number of carbonyl (C=O) groups excluding carboxylic acids is 1. The highest BCUT2D eigenvalue weighted by atomic mass is 32.2. The van der Waals surface area contributed by atoms with E-state index in [0.29, 0.717) is 13.0 Å². The molecule has 1 aliphatic heterocycles. The Balaban J connectivity index is 1.75. The van der Waals surface area contributed by atoms with Gasteiger partial charge in [0, 0.05) is 12.6 Å². The van der Waals surface area contributed by atoms with Crippen molar-refractivity contribution in [1.82, 2.24) is 14.7 Å². The van der Waals surface area contributed by atoms with Gasteiger partial charge in [-0.15, -0.1) is 5.10 Å². The second kappa shape index (κ2) is 6.27. The second-order valence-corrected chi connectivity index (χ2v) is 7.77. The number of sulfone groups is 1. The van der Waals surface area contributed by atoms with Crippen LogP contribution in [0.3, 0.4) is 0 Å². The molecule has 1 amide bonds. The van der Waals surface area contributed by atoms with Gasteiger partial charge in [-0.1, -0.05) is 0 Å². The van der Waals surface area contributed by atoms with E-state index >= 15 is 0 Å². The van der Waals surface area contributed by atoms with Crippen LogP contribution in [0, 0.1) is 0 Å². The number of nitrogens with zero attached hydrogens (tertiary/aromatic N) is 3. The molecule has 0 spiro atoms. The first-order valence-corrected chi connectivity index (χ1v) is 9.33. The van der Waals surface area contributed by atoms with Gasteiger partial charge in [-0.05, 0) is 25.5 Å². The van der Waals surface area contributed by atoms with E-state index in [2.05, 4.69) is 5.10 Å². The highest BCUT2D eigenvalue weighted by Crippen LogP contribution is 2.18. The summed E-state index contributed by atoms with van der Waals surface area (Å²) >= 11 is 0. The number of furan rings is 1. The van der Waals surface area contributed by atoms with Crippen molar-refractivity contribution < 1.29 is 22.0 Å². The summed E-state index contributed by atoms with van der Waals surface area (Å²) in [6, 6.07) is 2.84. The molecule has 130 valence electrons. The molecule has 2 aromatic heterocycles. The molecule has 9 nitrogen and oxygen atoms in total. The van der Waals surface area contributed by atoms with E-state index in [1.165, 1.54) is 11.2 Å². The van der Waals surface area contributed by atoms with E-state index < -0.39 is 15.6 Å². The molecular formula is C14H17N3O6S. The number of aromatic nitrogens is 2. The zero-order chi connectivity index (χ0) is 17.3. The van der Waals surface area contributed by atoms with Crippen molar-refractivity contribution in [3.63, 3.8) is 0 Å². The van der Waals surface area contributed by atoms with Crippen LogP contribution in [-0.2, 0) is 21.2 Å². The summed E-state index contributed by atoms with van der Waals surface area (Å²) in [5.74, 6) is -0.839. The zero-order valence-corrected chi connectivity index (χ0v) is 13.9. The quantitative estimate of drug-likeness (QED) is 0.748. The predicted octanol–water partition coefficient (Wildman–Crippen LogP) is 0.132. The fourth-order valence-electron chi connectivity index (χ4n) is 2.78. The smallest absolute Gasteiger partial charge is 0.437 e. The van der Waals surface area contributed by atoms with Crippen LogP contribution in [0.1, 0.15) is 13.3 Å². The van der Waals surface area contributed by atoms with E-state index in [0.717, 1.165) is 4.68 Å². The van der Waals surface area contributed by atoms with Crippen LogP contribution in [0.5, 0.6) is 0 Å². The molecule has 1 unspecified atom stereocenters. The third-order valence-electron chi connectivity index (χ3n) is 3.93. The molecule has 0 aliphatic carbocycles. The molecule has 0 bridgehead atoms. The Morgan fingerprint density at radius 1 is 1.50 bits per heavy atom. The van der Waals surface area contributed by atoms with Crippen molar-refractivity contribution in [3.8, 4) is 11.7 Å². The maximum Gasteiger partial charge on any atom is 0.437 e. The first kappa shape index (κ1) is 16.5. The van der Waals surface area contributed by atoms with Crippen LogP contribution < -0.4 is 5.76 Å². The van der Waals surface area contributed by atoms with E-state index in [1.807, 2.05) is 0 Å². The summed E-state index contributed by atoms with van der Waals surface area (Å²) in [7, 11) is -3.10. The third-order valence-corrected chi connectivity index (χ3v) is 5.68. The summed E-state index contributed by atoms with van der Waals surface area (Å²) < 4.78 is 34.2. The summed E-state index contributed by atoms with van der Waals surface area (Å²) in [6.45, 7) is 1.81. The lowest BCUT2D eigenvalue weighted by atomic mass is 10.2. The van der Waals surface area contributed by atoms with Gasteiger partial charge in [0.15, 0.2) is 15.6 Å². The Hall–Kier alpha value is -2.36. The van der Waals surface area contributed by atoms with E-state index in [1.54, 1.807) is 19.1 Å². The fourth-order valence-corrected chi connectivity index (χ4v) is 4.52. The van der Waals surface area contributed by atoms with Gasteiger partial charge < -0.3 is 13.7 Å². The fraction of sp³-hybridized carbons (Fsp3) is 0.500. The van der Waals surface area contributed by atoms with E-state index in [-0.39, 0.29) is 41.7 Å². The summed E-state index contributed by atoms with van der Waals surface area (Å²) in [5, 5.41) is 3.94. The molecule has 3 heterocycles. The minimum atomic E-state index is -3.10. The van der Waals surface area contributed by atoms with Gasteiger partial charge in [0.1, 0.15) is 6.54 Å². The molecule has 1 aliphatic rings. The highest BCUT2D eigenvalue weighted by molar-refractivity contribution is 7.91. The molecule has 1 atom stereocenters. The summed E-state index contributed by atoms with van der Waals surface area (Å²) in [6.07, 6.45) is 1.83. The van der Waals surface area contributed by atoms with Crippen molar-refractivity contribution in [2.45, 2.75) is 25.9 Å². The lowest BCUT2D eigenvalue weighted by Crippen LogP contribution is -2.43. The second-order valence-electron chi connectivity index (χ2n) is 5.54. The van der Waals surface area contributed by atoms with Crippen molar-refractivity contribution in [3.05, 3.63) is 28.9 Å². The number of hydrogen-bond donors (Lipinski definition) is 0. The Morgan fingerprint density at radius 2 is 2.29 bits per heavy atom. The monoisotopic (exact) mass is 355 g/mol. The molecular weight excluding hydrogens is 338 g/mol. The molecule has 3 rings (SSSR count). The normalized spacial score (nSPS) is 19.5. The molecule has 10 heteroatoms. The minimum Gasteiger partial charge on any atom is -0.459 e. The number of likely N-dealkylation sites (N-methyl/N-ethyl adjacent to an activating group) is 1. The Bertz CT molecular complexity index is 880. The Morgan fingerprint density at radius 3 is 2.88 bits per heavy atom. The van der Waals surface area contributed by atoms with Crippen LogP contribution in [0.25, 0.3) is 11.7 Å². The lowest BCUT2D eigenvalue weighted by Gasteiger charge is -2.26. The maximum atomic E-state index is 12.5. The van der Waals surface area contributed by atoms with Gasteiger partial charge in [-0.3, -0.25) is 4.79 Å². The average Bonchev–Trinajstić information content (AvgIpc) is 3.22. The molecule has 0 N–H and O–H groups in total. The predicted molar refractivity (Wildman–Crippen MR) is 82.9 cm³/mol. The summed E-state index contributed by atoms with van der Waals surface area (Å²) in [4.78, 5) is 25.8. The Labute approximate surface area is 137 Å². The largest absolute Gasteiger partial charge is 0.459 e. The molecule has 2 aromatic rings. The molecule has 0 radical (unpaired) electrons. The standard InChI is InChI=1S/C14H17N3O6S/c1-2-16(10-5-7-24(20,21)9-10)12(18)8-17-14(19)23-13(15-17)11-4-3-6-22-11/h3-4,6,10H,2,5,7-9H2,1H3. The van der Waals surface area contributed by atoms with Gasteiger partial charge in [-0.2, -0.15) is 4.68 Å². The van der Waals surface area contributed by atoms with Crippen molar-refractivity contribution in [1.29, 1.82) is 0 Å². The van der Waals surface area contributed by atoms with E-state index in [9.17, 15) is 18.0 Å². The van der Waals surface area contributed by atoms with E-state index in [4.69, 9.17) is 8.83 Å². The number of rotatable bonds is 5. The van der Waals surface area contributed by atoms with Crippen LogP contribution in [0.4, 0.5) is 0 Å². The van der Waals surface area contributed by atoms with Crippen LogP contribution in [-0.4, -0.2) is 53.1 Å². The number of carbonyl (C=O) groups is 1. The van der Waals surface area contributed by atoms with Crippen molar-refractivity contribution in [2.24, 2.45) is 0 Å². The zero-order valence-electron chi connectivity index (χ0n) is 13.0. The van der Waals surface area contributed by atoms with Crippen LogP contribution >= 0.6 is 0 Å². The third kappa shape index (κ3) is 3.28. The lowest BCUT2D eigenvalue weighted by molar-refractivity contribution is -0.133. The molecule has 0 aromatic carbocycles. The van der Waals surface area contributed by atoms with Gasteiger partial charge in [0.2, 0.25) is 5.91 Å². The number of hydrogen-bond acceptors (Lipinski definition) is 7. The van der Waals surface area contributed by atoms with Crippen molar-refractivity contribution >= 4 is 15.7 Å².